The van der Waals surface area contributed by atoms with Crippen LogP contribution in [0.3, 0.4) is 0 Å². The molecule has 0 aromatic heterocycles. The van der Waals surface area contributed by atoms with Crippen molar-refractivity contribution < 1.29 is 14.6 Å². The van der Waals surface area contributed by atoms with E-state index in [1.807, 2.05) is 32.9 Å². The molecule has 4 nitrogen and oxygen atoms in total. The van der Waals surface area contributed by atoms with Crippen LogP contribution in [0.2, 0.25) is 0 Å². The van der Waals surface area contributed by atoms with Crippen molar-refractivity contribution in [3.8, 4) is 0 Å². The van der Waals surface area contributed by atoms with Gasteiger partial charge in [-0.2, -0.15) is 0 Å². The molecule has 0 bridgehead atoms. The van der Waals surface area contributed by atoms with Crippen molar-refractivity contribution in [2.75, 3.05) is 0 Å². The Balaban J connectivity index is 2.16. The molecular formula is C14H18BrNO3. The second kappa shape index (κ2) is 5.13. The van der Waals surface area contributed by atoms with Crippen molar-refractivity contribution >= 4 is 22.0 Å². The SMILES string of the molecule is CC(C)(C)OC(=O)N1Cc2cc(CO)cc(Br)c2C1. The lowest BCUT2D eigenvalue weighted by Gasteiger charge is -2.24. The standard InChI is InChI=1S/C14H18BrNO3/c1-14(2,3)19-13(18)16-6-10-4-9(8-17)5-12(15)11(10)7-16/h4-5,17H,6-8H2,1-3H3. The smallest absolute Gasteiger partial charge is 0.410 e. The number of amides is 1. The van der Waals surface area contributed by atoms with Gasteiger partial charge in [-0.05, 0) is 43.5 Å². The van der Waals surface area contributed by atoms with Gasteiger partial charge in [0.1, 0.15) is 5.60 Å². The van der Waals surface area contributed by atoms with Gasteiger partial charge in [-0.15, -0.1) is 0 Å². The van der Waals surface area contributed by atoms with Crippen LogP contribution in [0.5, 0.6) is 0 Å². The fraction of sp³-hybridized carbons (Fsp3) is 0.500. The minimum Gasteiger partial charge on any atom is -0.444 e. The van der Waals surface area contributed by atoms with Crippen LogP contribution in [0.25, 0.3) is 0 Å². The number of carbonyl (C=O) groups is 1. The molecule has 1 aromatic carbocycles. The highest BCUT2D eigenvalue weighted by Gasteiger charge is 2.29. The van der Waals surface area contributed by atoms with Crippen LogP contribution >= 0.6 is 15.9 Å². The molecule has 104 valence electrons. The van der Waals surface area contributed by atoms with Crippen LogP contribution in [-0.2, 0) is 24.4 Å². The second-order valence-electron chi connectivity index (χ2n) is 5.71. The summed E-state index contributed by atoms with van der Waals surface area (Å²) in [6, 6.07) is 3.82. The van der Waals surface area contributed by atoms with Crippen LogP contribution in [0, 0.1) is 0 Å². The largest absolute Gasteiger partial charge is 0.444 e. The summed E-state index contributed by atoms with van der Waals surface area (Å²) in [5, 5.41) is 9.20. The van der Waals surface area contributed by atoms with E-state index in [0.29, 0.717) is 13.1 Å². The van der Waals surface area contributed by atoms with E-state index in [0.717, 1.165) is 21.2 Å². The van der Waals surface area contributed by atoms with Gasteiger partial charge >= 0.3 is 6.09 Å². The van der Waals surface area contributed by atoms with Crippen molar-refractivity contribution in [1.82, 2.24) is 4.90 Å². The van der Waals surface area contributed by atoms with Crippen molar-refractivity contribution in [2.45, 2.75) is 46.1 Å². The number of rotatable bonds is 1. The highest BCUT2D eigenvalue weighted by atomic mass is 79.9. The fourth-order valence-electron chi connectivity index (χ4n) is 2.07. The van der Waals surface area contributed by atoms with Gasteiger partial charge < -0.3 is 9.84 Å². The van der Waals surface area contributed by atoms with E-state index in [4.69, 9.17) is 4.74 Å². The Morgan fingerprint density at radius 1 is 1.42 bits per heavy atom. The number of aliphatic hydroxyl groups excluding tert-OH is 1. The van der Waals surface area contributed by atoms with E-state index in [1.165, 1.54) is 0 Å². The molecule has 0 saturated heterocycles. The summed E-state index contributed by atoms with van der Waals surface area (Å²) in [7, 11) is 0. The minimum absolute atomic E-state index is 0.00167. The molecule has 19 heavy (non-hydrogen) atoms. The highest BCUT2D eigenvalue weighted by molar-refractivity contribution is 9.10. The Morgan fingerprint density at radius 3 is 2.68 bits per heavy atom. The summed E-state index contributed by atoms with van der Waals surface area (Å²) in [6.07, 6.45) is -0.304. The third kappa shape index (κ3) is 3.28. The second-order valence-corrected chi connectivity index (χ2v) is 6.56. The number of carbonyl (C=O) groups excluding carboxylic acids is 1. The number of fused-ring (bicyclic) bond motifs is 1. The quantitative estimate of drug-likeness (QED) is 0.861. The summed E-state index contributed by atoms with van der Waals surface area (Å²) >= 11 is 3.49. The van der Waals surface area contributed by atoms with Crippen LogP contribution in [0.1, 0.15) is 37.5 Å². The first-order valence-corrected chi connectivity index (χ1v) is 6.98. The number of hydrogen-bond acceptors (Lipinski definition) is 3. The first-order chi connectivity index (χ1) is 8.80. The number of benzene rings is 1. The molecule has 1 amide bonds. The number of ether oxygens (including phenoxy) is 1. The first-order valence-electron chi connectivity index (χ1n) is 6.19. The molecule has 5 heteroatoms. The summed E-state index contributed by atoms with van der Waals surface area (Å²) in [5.41, 5.74) is 2.50. The monoisotopic (exact) mass is 327 g/mol. The lowest BCUT2D eigenvalue weighted by molar-refractivity contribution is 0.0241. The Kier molecular flexibility index (Phi) is 3.87. The predicted molar refractivity (Wildman–Crippen MR) is 75.5 cm³/mol. The maximum atomic E-state index is 12.0. The Bertz CT molecular complexity index is 508. The maximum absolute atomic E-state index is 12.0. The van der Waals surface area contributed by atoms with Crippen LogP contribution < -0.4 is 0 Å². The molecule has 0 aliphatic carbocycles. The number of hydrogen-bond donors (Lipinski definition) is 1. The molecule has 1 aliphatic rings. The Labute approximate surface area is 121 Å². The highest BCUT2D eigenvalue weighted by Crippen LogP contribution is 2.31. The van der Waals surface area contributed by atoms with E-state index < -0.39 is 5.60 Å². The Morgan fingerprint density at radius 2 is 2.11 bits per heavy atom. The Hall–Kier alpha value is -1.07. The number of halogens is 1. The third-order valence-electron chi connectivity index (χ3n) is 2.89. The van der Waals surface area contributed by atoms with Crippen molar-refractivity contribution in [3.63, 3.8) is 0 Å². The molecule has 0 saturated carbocycles. The van der Waals surface area contributed by atoms with E-state index in [9.17, 15) is 9.90 Å². The summed E-state index contributed by atoms with van der Waals surface area (Å²) in [4.78, 5) is 13.7. The average Bonchev–Trinajstić information content (AvgIpc) is 2.71. The minimum atomic E-state index is -0.487. The fourth-order valence-corrected chi connectivity index (χ4v) is 2.75. The van der Waals surface area contributed by atoms with Gasteiger partial charge in [-0.3, -0.25) is 4.90 Å². The van der Waals surface area contributed by atoms with E-state index >= 15 is 0 Å². The van der Waals surface area contributed by atoms with Gasteiger partial charge in [-0.1, -0.05) is 22.0 Å². The normalized spacial score (nSPS) is 14.5. The van der Waals surface area contributed by atoms with Gasteiger partial charge in [0.25, 0.3) is 0 Å². The zero-order valence-corrected chi connectivity index (χ0v) is 13.0. The predicted octanol–water partition coefficient (Wildman–Crippen LogP) is 3.19. The van der Waals surface area contributed by atoms with Crippen molar-refractivity contribution in [1.29, 1.82) is 0 Å². The third-order valence-corrected chi connectivity index (χ3v) is 3.60. The molecule has 1 N–H and O–H groups in total. The van der Waals surface area contributed by atoms with Crippen molar-refractivity contribution in [2.24, 2.45) is 0 Å². The summed E-state index contributed by atoms with van der Waals surface area (Å²) in [6.45, 7) is 6.63. The zero-order chi connectivity index (χ0) is 14.2. The summed E-state index contributed by atoms with van der Waals surface area (Å²) in [5.74, 6) is 0. The average molecular weight is 328 g/mol. The van der Waals surface area contributed by atoms with Gasteiger partial charge in [-0.25, -0.2) is 4.79 Å². The summed E-state index contributed by atoms with van der Waals surface area (Å²) < 4.78 is 6.30. The molecule has 0 atom stereocenters. The van der Waals surface area contributed by atoms with Gasteiger partial charge in [0.15, 0.2) is 0 Å². The lowest BCUT2D eigenvalue weighted by atomic mass is 10.1. The molecule has 0 unspecified atom stereocenters. The first kappa shape index (κ1) is 14.3. The van der Waals surface area contributed by atoms with Crippen LogP contribution in [0.15, 0.2) is 16.6 Å². The van der Waals surface area contributed by atoms with Gasteiger partial charge in [0, 0.05) is 11.0 Å². The van der Waals surface area contributed by atoms with E-state index in [1.54, 1.807) is 4.90 Å². The molecule has 1 aliphatic heterocycles. The number of aliphatic hydroxyl groups is 1. The van der Waals surface area contributed by atoms with Gasteiger partial charge in [0.05, 0.1) is 13.2 Å². The molecule has 1 aromatic rings. The van der Waals surface area contributed by atoms with E-state index in [2.05, 4.69) is 15.9 Å². The number of nitrogens with zero attached hydrogens (tertiary/aromatic N) is 1. The molecule has 0 fully saturated rings. The topological polar surface area (TPSA) is 49.8 Å². The molecule has 0 radical (unpaired) electrons. The lowest BCUT2D eigenvalue weighted by Crippen LogP contribution is -2.33. The molecule has 0 spiro atoms. The van der Waals surface area contributed by atoms with Crippen LogP contribution in [-0.4, -0.2) is 21.7 Å². The molecular weight excluding hydrogens is 310 g/mol. The maximum Gasteiger partial charge on any atom is 0.410 e. The molecule has 2 rings (SSSR count). The van der Waals surface area contributed by atoms with E-state index in [-0.39, 0.29) is 12.7 Å². The van der Waals surface area contributed by atoms with Gasteiger partial charge in [0.2, 0.25) is 0 Å². The molecule has 1 heterocycles. The van der Waals surface area contributed by atoms with Crippen molar-refractivity contribution in [3.05, 3.63) is 33.3 Å². The zero-order valence-electron chi connectivity index (χ0n) is 11.4. The van der Waals surface area contributed by atoms with Crippen LogP contribution in [0.4, 0.5) is 4.79 Å².